The Morgan fingerprint density at radius 3 is 2.50 bits per heavy atom. The van der Waals surface area contributed by atoms with Crippen LogP contribution in [0.25, 0.3) is 11.0 Å². The molecule has 0 radical (unpaired) electrons. The van der Waals surface area contributed by atoms with Crippen LogP contribution in [-0.2, 0) is 11.3 Å². The Hall–Kier alpha value is -3.12. The number of carbonyl (C=O) groups excluding carboxylic acids is 1. The molecule has 3 aromatic rings. The van der Waals surface area contributed by atoms with Gasteiger partial charge in [-0.1, -0.05) is 42.5 Å². The van der Waals surface area contributed by atoms with E-state index in [1.807, 2.05) is 24.3 Å². The minimum Gasteiger partial charge on any atom is -0.419 e. The van der Waals surface area contributed by atoms with Crippen LogP contribution < -0.4 is 15.8 Å². The number of hydrogen-bond acceptors (Lipinski definition) is 5. The van der Waals surface area contributed by atoms with E-state index in [-0.39, 0.29) is 11.6 Å². The summed E-state index contributed by atoms with van der Waals surface area (Å²) in [6.07, 6.45) is 0. The van der Waals surface area contributed by atoms with Gasteiger partial charge in [0.25, 0.3) is 0 Å². The second-order valence-corrected chi connectivity index (χ2v) is 7.07. The van der Waals surface area contributed by atoms with Crippen molar-refractivity contribution >= 4 is 28.3 Å². The first kappa shape index (κ1) is 18.3. The molecule has 6 heteroatoms. The van der Waals surface area contributed by atoms with Crippen LogP contribution in [0.5, 0.6) is 0 Å². The topological polar surface area (TPSA) is 65.8 Å². The third-order valence-corrected chi connectivity index (χ3v) is 5.01. The van der Waals surface area contributed by atoms with Crippen LogP contribution in [0, 0.1) is 0 Å². The van der Waals surface area contributed by atoms with Gasteiger partial charge < -0.3 is 14.6 Å². The predicted octanol–water partition coefficient (Wildman–Crippen LogP) is 3.07. The molecule has 1 fully saturated rings. The van der Waals surface area contributed by atoms with E-state index in [0.29, 0.717) is 5.58 Å². The largest absolute Gasteiger partial charge is 0.419 e. The number of benzene rings is 2. The summed E-state index contributed by atoms with van der Waals surface area (Å²) in [6.45, 7) is 5.93. The van der Waals surface area contributed by atoms with Gasteiger partial charge in [0, 0.05) is 45.0 Å². The highest BCUT2D eigenvalue weighted by Crippen LogP contribution is 2.28. The van der Waals surface area contributed by atoms with Gasteiger partial charge in [0.15, 0.2) is 5.58 Å². The Labute approximate surface area is 163 Å². The van der Waals surface area contributed by atoms with Gasteiger partial charge in [-0.25, -0.2) is 4.79 Å². The quantitative estimate of drug-likeness (QED) is 0.708. The highest BCUT2D eigenvalue weighted by molar-refractivity contribution is 5.94. The molecule has 1 amide bonds. The molecule has 4 rings (SSSR count). The number of amides is 1. The van der Waals surface area contributed by atoms with Crippen LogP contribution >= 0.6 is 0 Å². The molecule has 2 aromatic carbocycles. The van der Waals surface area contributed by atoms with Crippen molar-refractivity contribution in [3.8, 4) is 0 Å². The molecule has 1 saturated heterocycles. The predicted molar refractivity (Wildman–Crippen MR) is 111 cm³/mol. The highest BCUT2D eigenvalue weighted by Gasteiger charge is 2.20. The molecule has 0 atom stereocenters. The number of anilines is 2. The van der Waals surface area contributed by atoms with Crippen LogP contribution in [0.4, 0.5) is 11.4 Å². The van der Waals surface area contributed by atoms with Crippen molar-refractivity contribution in [3.05, 3.63) is 70.6 Å². The number of nitrogens with one attached hydrogen (secondary N) is 1. The van der Waals surface area contributed by atoms with Crippen molar-refractivity contribution in [2.24, 2.45) is 0 Å². The average molecular weight is 377 g/mol. The summed E-state index contributed by atoms with van der Waals surface area (Å²) in [7, 11) is 0. The van der Waals surface area contributed by atoms with Gasteiger partial charge in [-0.3, -0.25) is 9.69 Å². The lowest BCUT2D eigenvalue weighted by Gasteiger charge is -2.36. The molecule has 1 aliphatic heterocycles. The number of carbonyl (C=O) groups is 1. The Kier molecular flexibility index (Phi) is 5.12. The molecular weight excluding hydrogens is 354 g/mol. The second kappa shape index (κ2) is 7.86. The van der Waals surface area contributed by atoms with E-state index in [1.54, 1.807) is 6.07 Å². The number of fused-ring (bicyclic) bond motifs is 1. The van der Waals surface area contributed by atoms with Crippen molar-refractivity contribution in [1.29, 1.82) is 0 Å². The normalized spacial score (nSPS) is 15.0. The standard InChI is InChI=1S/C22H23N3O3/c1-16(26)23-19-14-18-8-5-9-20(21(18)28-22(19)27)25-12-10-24(11-13-25)15-17-6-3-2-4-7-17/h2-9,14H,10-13,15H2,1H3,(H,23,26). The van der Waals surface area contributed by atoms with E-state index >= 15 is 0 Å². The Morgan fingerprint density at radius 2 is 1.79 bits per heavy atom. The van der Waals surface area contributed by atoms with E-state index in [2.05, 4.69) is 39.4 Å². The first-order valence-electron chi connectivity index (χ1n) is 9.46. The first-order valence-corrected chi connectivity index (χ1v) is 9.46. The van der Waals surface area contributed by atoms with Gasteiger partial charge in [-0.15, -0.1) is 0 Å². The molecule has 144 valence electrons. The fraction of sp³-hybridized carbons (Fsp3) is 0.273. The van der Waals surface area contributed by atoms with Gasteiger partial charge in [-0.2, -0.15) is 0 Å². The fourth-order valence-corrected chi connectivity index (χ4v) is 3.64. The highest BCUT2D eigenvalue weighted by atomic mass is 16.4. The van der Waals surface area contributed by atoms with Crippen molar-refractivity contribution in [2.45, 2.75) is 13.5 Å². The maximum atomic E-state index is 12.3. The molecule has 1 aliphatic rings. The van der Waals surface area contributed by atoms with E-state index in [9.17, 15) is 9.59 Å². The summed E-state index contributed by atoms with van der Waals surface area (Å²) in [6, 6.07) is 18.0. The molecule has 0 saturated carbocycles. The minimum absolute atomic E-state index is 0.171. The number of hydrogen-bond donors (Lipinski definition) is 1. The van der Waals surface area contributed by atoms with Crippen LogP contribution in [0.1, 0.15) is 12.5 Å². The second-order valence-electron chi connectivity index (χ2n) is 7.07. The maximum absolute atomic E-state index is 12.3. The molecule has 0 unspecified atom stereocenters. The van der Waals surface area contributed by atoms with Gasteiger partial charge in [0.1, 0.15) is 5.69 Å². The van der Waals surface area contributed by atoms with Gasteiger partial charge in [-0.05, 0) is 17.7 Å². The SMILES string of the molecule is CC(=O)Nc1cc2cccc(N3CCN(Cc4ccccc4)CC3)c2oc1=O. The van der Waals surface area contributed by atoms with Crippen molar-refractivity contribution in [2.75, 3.05) is 36.4 Å². The summed E-state index contributed by atoms with van der Waals surface area (Å²) in [5.41, 5.74) is 2.45. The van der Waals surface area contributed by atoms with Gasteiger partial charge >= 0.3 is 5.63 Å². The zero-order chi connectivity index (χ0) is 19.5. The lowest BCUT2D eigenvalue weighted by atomic mass is 10.1. The number of para-hydroxylation sites is 1. The summed E-state index contributed by atoms with van der Waals surface area (Å²) in [4.78, 5) is 28.2. The van der Waals surface area contributed by atoms with Crippen LogP contribution in [0.15, 0.2) is 63.8 Å². The van der Waals surface area contributed by atoms with Gasteiger partial charge in [0.2, 0.25) is 5.91 Å². The average Bonchev–Trinajstić information content (AvgIpc) is 2.69. The molecule has 0 aliphatic carbocycles. The molecule has 2 heterocycles. The van der Waals surface area contributed by atoms with E-state index in [1.165, 1.54) is 12.5 Å². The molecule has 0 spiro atoms. The maximum Gasteiger partial charge on any atom is 0.360 e. The van der Waals surface area contributed by atoms with Crippen LogP contribution in [-0.4, -0.2) is 37.0 Å². The zero-order valence-corrected chi connectivity index (χ0v) is 15.9. The van der Waals surface area contributed by atoms with E-state index in [4.69, 9.17) is 4.42 Å². The van der Waals surface area contributed by atoms with Crippen molar-refractivity contribution in [1.82, 2.24) is 4.90 Å². The fourth-order valence-electron chi connectivity index (χ4n) is 3.64. The lowest BCUT2D eigenvalue weighted by Crippen LogP contribution is -2.46. The van der Waals surface area contributed by atoms with Gasteiger partial charge in [0.05, 0.1) is 5.69 Å². The molecule has 6 nitrogen and oxygen atoms in total. The van der Waals surface area contributed by atoms with Crippen LogP contribution in [0.2, 0.25) is 0 Å². The molecule has 28 heavy (non-hydrogen) atoms. The smallest absolute Gasteiger partial charge is 0.360 e. The summed E-state index contributed by atoms with van der Waals surface area (Å²) >= 11 is 0. The van der Waals surface area contributed by atoms with Crippen molar-refractivity contribution < 1.29 is 9.21 Å². The van der Waals surface area contributed by atoms with E-state index in [0.717, 1.165) is 43.8 Å². The lowest BCUT2D eigenvalue weighted by molar-refractivity contribution is -0.114. The molecule has 1 N–H and O–H groups in total. The Bertz CT molecular complexity index is 1040. The minimum atomic E-state index is -0.530. The zero-order valence-electron chi connectivity index (χ0n) is 15.9. The number of nitrogens with zero attached hydrogens (tertiary/aromatic N) is 2. The summed E-state index contributed by atoms with van der Waals surface area (Å²) in [5.74, 6) is -0.294. The first-order chi connectivity index (χ1) is 13.6. The summed E-state index contributed by atoms with van der Waals surface area (Å²) < 4.78 is 5.57. The Morgan fingerprint density at radius 1 is 1.04 bits per heavy atom. The Balaban J connectivity index is 1.52. The van der Waals surface area contributed by atoms with Crippen LogP contribution in [0.3, 0.4) is 0 Å². The third kappa shape index (κ3) is 3.92. The van der Waals surface area contributed by atoms with E-state index < -0.39 is 5.63 Å². The monoisotopic (exact) mass is 377 g/mol. The van der Waals surface area contributed by atoms with Crippen molar-refractivity contribution in [3.63, 3.8) is 0 Å². The third-order valence-electron chi connectivity index (χ3n) is 5.01. The summed E-state index contributed by atoms with van der Waals surface area (Å²) in [5, 5.41) is 3.33. The molecule has 0 bridgehead atoms. The number of piperazine rings is 1. The molecule has 1 aromatic heterocycles. The number of rotatable bonds is 4. The molecular formula is C22H23N3O3.